The number of nitriles is 1. The van der Waals surface area contributed by atoms with Gasteiger partial charge in [-0.3, -0.25) is 0 Å². The number of nitrogens with zero attached hydrogens (tertiary/aromatic N) is 2. The molecule has 2 saturated heterocycles. The Morgan fingerprint density at radius 2 is 1.95 bits per heavy atom. The molecule has 2 aliphatic rings. The molecule has 0 spiro atoms. The molecule has 1 aromatic rings. The third-order valence-corrected chi connectivity index (χ3v) is 4.30. The van der Waals surface area contributed by atoms with Gasteiger partial charge < -0.3 is 10.2 Å². The molecule has 20 heavy (non-hydrogen) atoms. The van der Waals surface area contributed by atoms with Crippen LogP contribution in [0, 0.1) is 23.0 Å². The molecule has 0 aliphatic carbocycles. The number of hydrogen-bond donors (Lipinski definition) is 1. The van der Waals surface area contributed by atoms with Crippen molar-refractivity contribution in [1.29, 1.82) is 5.26 Å². The fourth-order valence-corrected chi connectivity index (χ4v) is 3.43. The highest BCUT2D eigenvalue weighted by Gasteiger charge is 2.35. The normalized spacial score (nSPS) is 25.9. The summed E-state index contributed by atoms with van der Waals surface area (Å²) < 4.78 is 28.3. The molecule has 2 fully saturated rings. The minimum atomic E-state index is -0.633. The maximum atomic E-state index is 14.2. The summed E-state index contributed by atoms with van der Waals surface area (Å²) in [6.45, 7) is 1.65. The predicted molar refractivity (Wildman–Crippen MR) is 72.5 cm³/mol. The number of hydrogen-bond acceptors (Lipinski definition) is 3. The van der Waals surface area contributed by atoms with E-state index >= 15 is 0 Å². The van der Waals surface area contributed by atoms with Crippen molar-refractivity contribution in [3.05, 3.63) is 29.3 Å². The van der Waals surface area contributed by atoms with Crippen LogP contribution in [0.2, 0.25) is 0 Å². The second-order valence-electron chi connectivity index (χ2n) is 5.51. The first kappa shape index (κ1) is 13.3. The van der Waals surface area contributed by atoms with Crippen LogP contribution in [0.15, 0.2) is 12.1 Å². The molecule has 2 heterocycles. The molecular formula is C15H17F2N3. The van der Waals surface area contributed by atoms with Crippen LogP contribution >= 0.6 is 0 Å². The predicted octanol–water partition coefficient (Wildman–Crippen LogP) is 2.56. The molecule has 0 saturated carbocycles. The van der Waals surface area contributed by atoms with Crippen LogP contribution in [0.25, 0.3) is 0 Å². The lowest BCUT2D eigenvalue weighted by molar-refractivity contribution is 0.471. The minimum absolute atomic E-state index is 0.0264. The van der Waals surface area contributed by atoms with Gasteiger partial charge in [-0.25, -0.2) is 8.78 Å². The van der Waals surface area contributed by atoms with E-state index in [1.807, 2.05) is 4.90 Å². The van der Waals surface area contributed by atoms with Crippen molar-refractivity contribution < 1.29 is 8.78 Å². The number of benzene rings is 1. The zero-order chi connectivity index (χ0) is 14.1. The van der Waals surface area contributed by atoms with Gasteiger partial charge in [0.25, 0.3) is 0 Å². The van der Waals surface area contributed by atoms with Crippen molar-refractivity contribution in [2.45, 2.75) is 37.8 Å². The Morgan fingerprint density at radius 3 is 2.55 bits per heavy atom. The van der Waals surface area contributed by atoms with E-state index in [2.05, 4.69) is 5.32 Å². The molecule has 0 radical (unpaired) electrons. The molecule has 1 aromatic carbocycles. The van der Waals surface area contributed by atoms with Crippen molar-refractivity contribution in [1.82, 2.24) is 5.32 Å². The van der Waals surface area contributed by atoms with E-state index in [-0.39, 0.29) is 17.3 Å². The SMILES string of the molecule is N#Cc1cc(F)c(N2CCCC2C2CCCN2)c(F)c1. The highest BCUT2D eigenvalue weighted by Crippen LogP contribution is 2.34. The molecular weight excluding hydrogens is 260 g/mol. The second kappa shape index (κ2) is 5.37. The van der Waals surface area contributed by atoms with E-state index in [9.17, 15) is 8.78 Å². The summed E-state index contributed by atoms with van der Waals surface area (Å²) in [5.41, 5.74) is 0.0543. The molecule has 0 aromatic heterocycles. The van der Waals surface area contributed by atoms with Crippen LogP contribution in [0.5, 0.6) is 0 Å². The van der Waals surface area contributed by atoms with Gasteiger partial charge in [-0.05, 0) is 44.4 Å². The zero-order valence-corrected chi connectivity index (χ0v) is 11.2. The smallest absolute Gasteiger partial charge is 0.150 e. The lowest BCUT2D eigenvalue weighted by Crippen LogP contribution is -2.44. The molecule has 3 rings (SSSR count). The molecule has 1 N–H and O–H groups in total. The Kier molecular flexibility index (Phi) is 3.58. The van der Waals surface area contributed by atoms with E-state index in [4.69, 9.17) is 5.26 Å². The molecule has 5 heteroatoms. The highest BCUT2D eigenvalue weighted by atomic mass is 19.1. The maximum absolute atomic E-state index is 14.2. The van der Waals surface area contributed by atoms with Gasteiger partial charge in [0.1, 0.15) is 5.69 Å². The van der Waals surface area contributed by atoms with Crippen molar-refractivity contribution in [2.24, 2.45) is 0 Å². The van der Waals surface area contributed by atoms with E-state index in [1.54, 1.807) is 6.07 Å². The van der Waals surface area contributed by atoms with Gasteiger partial charge >= 0.3 is 0 Å². The molecule has 2 aliphatic heterocycles. The van der Waals surface area contributed by atoms with Crippen LogP contribution in [0.1, 0.15) is 31.2 Å². The number of rotatable bonds is 2. The number of nitrogens with one attached hydrogen (secondary N) is 1. The Morgan fingerprint density at radius 1 is 1.20 bits per heavy atom. The summed E-state index contributed by atoms with van der Waals surface area (Å²) in [6, 6.07) is 4.48. The molecule has 0 amide bonds. The first-order chi connectivity index (χ1) is 9.70. The number of anilines is 1. The van der Waals surface area contributed by atoms with Gasteiger partial charge in [0.05, 0.1) is 11.6 Å². The average molecular weight is 277 g/mol. The topological polar surface area (TPSA) is 39.1 Å². The van der Waals surface area contributed by atoms with Crippen molar-refractivity contribution in [3.8, 4) is 6.07 Å². The molecule has 106 valence electrons. The van der Waals surface area contributed by atoms with Crippen LogP contribution in [0.3, 0.4) is 0 Å². The monoisotopic (exact) mass is 277 g/mol. The largest absolute Gasteiger partial charge is 0.362 e. The van der Waals surface area contributed by atoms with Crippen molar-refractivity contribution in [3.63, 3.8) is 0 Å². The van der Waals surface area contributed by atoms with Gasteiger partial charge in [0.2, 0.25) is 0 Å². The van der Waals surface area contributed by atoms with Gasteiger partial charge in [0.15, 0.2) is 11.6 Å². The van der Waals surface area contributed by atoms with Gasteiger partial charge in [-0.2, -0.15) is 5.26 Å². The fraction of sp³-hybridized carbons (Fsp3) is 0.533. The Hall–Kier alpha value is -1.67. The lowest BCUT2D eigenvalue weighted by atomic mass is 10.0. The third kappa shape index (κ3) is 2.25. The van der Waals surface area contributed by atoms with E-state index in [1.165, 1.54) is 0 Å². The summed E-state index contributed by atoms with van der Waals surface area (Å²) in [4.78, 5) is 1.84. The lowest BCUT2D eigenvalue weighted by Gasteiger charge is -2.31. The van der Waals surface area contributed by atoms with E-state index in [0.717, 1.165) is 44.4 Å². The summed E-state index contributed by atoms with van der Waals surface area (Å²) >= 11 is 0. The van der Waals surface area contributed by atoms with Gasteiger partial charge in [-0.1, -0.05) is 0 Å². The third-order valence-electron chi connectivity index (χ3n) is 4.30. The molecule has 0 bridgehead atoms. The van der Waals surface area contributed by atoms with Crippen LogP contribution < -0.4 is 10.2 Å². The fourth-order valence-electron chi connectivity index (χ4n) is 3.43. The highest BCUT2D eigenvalue weighted by molar-refractivity contribution is 5.54. The van der Waals surface area contributed by atoms with Crippen LogP contribution in [-0.2, 0) is 0 Å². The Bertz CT molecular complexity index is 524. The van der Waals surface area contributed by atoms with Gasteiger partial charge in [0, 0.05) is 18.6 Å². The first-order valence-corrected chi connectivity index (χ1v) is 7.10. The Balaban J connectivity index is 1.93. The molecule has 2 atom stereocenters. The van der Waals surface area contributed by atoms with E-state index < -0.39 is 11.6 Å². The maximum Gasteiger partial charge on any atom is 0.150 e. The quantitative estimate of drug-likeness (QED) is 0.903. The molecule has 3 nitrogen and oxygen atoms in total. The molecule has 2 unspecified atom stereocenters. The average Bonchev–Trinajstić information content (AvgIpc) is 3.07. The van der Waals surface area contributed by atoms with Crippen LogP contribution in [0.4, 0.5) is 14.5 Å². The van der Waals surface area contributed by atoms with Crippen molar-refractivity contribution >= 4 is 5.69 Å². The zero-order valence-electron chi connectivity index (χ0n) is 11.2. The second-order valence-corrected chi connectivity index (χ2v) is 5.51. The van der Waals surface area contributed by atoms with Crippen LogP contribution in [-0.4, -0.2) is 25.2 Å². The number of halogens is 2. The Labute approximate surface area is 117 Å². The van der Waals surface area contributed by atoms with Crippen molar-refractivity contribution in [2.75, 3.05) is 18.0 Å². The summed E-state index contributed by atoms with van der Waals surface area (Å²) in [7, 11) is 0. The first-order valence-electron chi connectivity index (χ1n) is 7.10. The minimum Gasteiger partial charge on any atom is -0.362 e. The summed E-state index contributed by atoms with van der Waals surface area (Å²) in [5.74, 6) is -1.27. The van der Waals surface area contributed by atoms with E-state index in [0.29, 0.717) is 12.6 Å². The summed E-state index contributed by atoms with van der Waals surface area (Å²) in [5, 5.41) is 12.2. The standard InChI is InChI=1S/C15H17F2N3/c16-11-7-10(9-18)8-12(17)15(11)20-6-2-4-14(20)13-3-1-5-19-13/h7-8,13-14,19H,1-6H2. The summed E-state index contributed by atoms with van der Waals surface area (Å²) in [6.07, 6.45) is 4.08. The van der Waals surface area contributed by atoms with Gasteiger partial charge in [-0.15, -0.1) is 0 Å².